The van der Waals surface area contributed by atoms with Crippen LogP contribution in [0.1, 0.15) is 11.1 Å². The van der Waals surface area contributed by atoms with Crippen molar-refractivity contribution in [1.29, 1.82) is 0 Å². The second kappa shape index (κ2) is 5.17. The number of fused-ring (bicyclic) bond motifs is 1. The van der Waals surface area contributed by atoms with Crippen LogP contribution in [0.3, 0.4) is 0 Å². The molecule has 0 spiro atoms. The molecule has 2 aromatic heterocycles. The van der Waals surface area contributed by atoms with Gasteiger partial charge in [-0.3, -0.25) is 9.78 Å². The number of pyridine rings is 2. The van der Waals surface area contributed by atoms with Crippen LogP contribution >= 0.6 is 0 Å². The molecule has 2 heterocycles. The highest BCUT2D eigenvalue weighted by Crippen LogP contribution is 2.14. The summed E-state index contributed by atoms with van der Waals surface area (Å²) < 4.78 is 0. The molecule has 0 saturated heterocycles. The number of nitrogens with one attached hydrogen (secondary N) is 2. The first-order chi connectivity index (χ1) is 9.74. The summed E-state index contributed by atoms with van der Waals surface area (Å²) >= 11 is 0. The summed E-state index contributed by atoms with van der Waals surface area (Å²) in [5, 5.41) is 4.29. The number of hydrogen-bond donors (Lipinski definition) is 2. The molecule has 0 fully saturated rings. The highest BCUT2D eigenvalue weighted by atomic mass is 16.1. The molecule has 4 heteroatoms. The second-order valence-corrected chi connectivity index (χ2v) is 4.76. The number of para-hydroxylation sites is 1. The van der Waals surface area contributed by atoms with Crippen molar-refractivity contribution in [3.05, 3.63) is 70.3 Å². The van der Waals surface area contributed by atoms with E-state index >= 15 is 0 Å². The summed E-state index contributed by atoms with van der Waals surface area (Å²) in [6.07, 6.45) is 3.52. The van der Waals surface area contributed by atoms with Gasteiger partial charge in [-0.15, -0.1) is 0 Å². The number of aryl methyl sites for hydroxylation is 1. The number of anilines is 1. The molecular formula is C16H15N3O. The van der Waals surface area contributed by atoms with Crippen LogP contribution in [0.4, 0.5) is 5.69 Å². The van der Waals surface area contributed by atoms with Crippen molar-refractivity contribution in [2.24, 2.45) is 0 Å². The Morgan fingerprint density at radius 1 is 1.25 bits per heavy atom. The Morgan fingerprint density at radius 3 is 2.95 bits per heavy atom. The molecule has 4 nitrogen and oxygen atoms in total. The lowest BCUT2D eigenvalue weighted by atomic mass is 10.1. The Balaban J connectivity index is 1.89. The number of rotatable bonds is 3. The lowest BCUT2D eigenvalue weighted by Crippen LogP contribution is -2.15. The number of H-pyrrole nitrogens is 1. The Morgan fingerprint density at radius 2 is 2.10 bits per heavy atom. The number of nitrogens with zero attached hydrogens (tertiary/aromatic N) is 1. The van der Waals surface area contributed by atoms with Gasteiger partial charge in [0.15, 0.2) is 0 Å². The zero-order chi connectivity index (χ0) is 13.9. The molecule has 0 aliphatic heterocycles. The standard InChI is InChI=1S/C16H15N3O/c1-11-6-7-17-10-15(11)18-9-13-8-12-4-2-3-5-14(12)19-16(13)20/h2-8,10,18H,9H2,1H3,(H,19,20). The Kier molecular flexibility index (Phi) is 3.21. The smallest absolute Gasteiger partial charge is 0.253 e. The van der Waals surface area contributed by atoms with Gasteiger partial charge in [-0.25, -0.2) is 0 Å². The van der Waals surface area contributed by atoms with E-state index in [0.29, 0.717) is 12.1 Å². The van der Waals surface area contributed by atoms with Crippen LogP contribution in [0.25, 0.3) is 10.9 Å². The van der Waals surface area contributed by atoms with Crippen molar-refractivity contribution in [2.45, 2.75) is 13.5 Å². The van der Waals surface area contributed by atoms with E-state index in [1.807, 2.05) is 43.3 Å². The maximum Gasteiger partial charge on any atom is 0.253 e. The van der Waals surface area contributed by atoms with Crippen molar-refractivity contribution in [1.82, 2.24) is 9.97 Å². The van der Waals surface area contributed by atoms with Gasteiger partial charge in [-0.2, -0.15) is 0 Å². The van der Waals surface area contributed by atoms with Crippen LogP contribution in [0.15, 0.2) is 53.6 Å². The van der Waals surface area contributed by atoms with E-state index in [1.54, 1.807) is 12.4 Å². The highest BCUT2D eigenvalue weighted by Gasteiger charge is 2.03. The van der Waals surface area contributed by atoms with Gasteiger partial charge in [0.25, 0.3) is 5.56 Å². The minimum absolute atomic E-state index is 0.0576. The van der Waals surface area contributed by atoms with E-state index in [9.17, 15) is 4.79 Å². The molecule has 20 heavy (non-hydrogen) atoms. The van der Waals surface area contributed by atoms with Crippen LogP contribution < -0.4 is 10.9 Å². The normalized spacial score (nSPS) is 10.7. The molecule has 0 bridgehead atoms. The van der Waals surface area contributed by atoms with Crippen LogP contribution in [0, 0.1) is 6.92 Å². The van der Waals surface area contributed by atoms with Crippen LogP contribution in [0.2, 0.25) is 0 Å². The summed E-state index contributed by atoms with van der Waals surface area (Å²) in [7, 11) is 0. The van der Waals surface area contributed by atoms with Crippen molar-refractivity contribution in [3.8, 4) is 0 Å². The average Bonchev–Trinajstić information content (AvgIpc) is 2.46. The maximum absolute atomic E-state index is 12.0. The van der Waals surface area contributed by atoms with Gasteiger partial charge in [0.05, 0.1) is 11.9 Å². The highest BCUT2D eigenvalue weighted by molar-refractivity contribution is 5.78. The first kappa shape index (κ1) is 12.4. The Labute approximate surface area is 116 Å². The SMILES string of the molecule is Cc1ccncc1NCc1cc2ccccc2[nH]c1=O. The average molecular weight is 265 g/mol. The van der Waals surface area contributed by atoms with Crippen LogP contribution in [-0.4, -0.2) is 9.97 Å². The van der Waals surface area contributed by atoms with Gasteiger partial charge in [0.1, 0.15) is 0 Å². The van der Waals surface area contributed by atoms with E-state index in [0.717, 1.165) is 22.2 Å². The number of benzene rings is 1. The fraction of sp³-hybridized carbons (Fsp3) is 0.125. The van der Waals surface area contributed by atoms with E-state index in [4.69, 9.17) is 0 Å². The third-order valence-corrected chi connectivity index (χ3v) is 3.34. The molecule has 0 amide bonds. The first-order valence-electron chi connectivity index (χ1n) is 6.49. The van der Waals surface area contributed by atoms with Gasteiger partial charge in [-0.1, -0.05) is 18.2 Å². The van der Waals surface area contributed by atoms with Crippen LogP contribution in [-0.2, 0) is 6.54 Å². The number of aromatic amines is 1. The molecule has 0 saturated carbocycles. The third kappa shape index (κ3) is 2.40. The van der Waals surface area contributed by atoms with Crippen molar-refractivity contribution in [2.75, 3.05) is 5.32 Å². The van der Waals surface area contributed by atoms with Crippen molar-refractivity contribution < 1.29 is 0 Å². The minimum Gasteiger partial charge on any atom is -0.379 e. The van der Waals surface area contributed by atoms with E-state index in [2.05, 4.69) is 15.3 Å². The van der Waals surface area contributed by atoms with Gasteiger partial charge >= 0.3 is 0 Å². The molecule has 100 valence electrons. The molecule has 0 radical (unpaired) electrons. The third-order valence-electron chi connectivity index (χ3n) is 3.34. The molecule has 0 aliphatic carbocycles. The molecule has 3 rings (SSSR count). The number of aromatic nitrogens is 2. The quantitative estimate of drug-likeness (QED) is 0.765. The summed E-state index contributed by atoms with van der Waals surface area (Å²) in [6, 6.07) is 11.6. The maximum atomic E-state index is 12.0. The molecule has 0 aliphatic rings. The van der Waals surface area contributed by atoms with Crippen molar-refractivity contribution in [3.63, 3.8) is 0 Å². The lowest BCUT2D eigenvalue weighted by Gasteiger charge is -2.09. The predicted molar refractivity (Wildman–Crippen MR) is 80.9 cm³/mol. The fourth-order valence-electron chi connectivity index (χ4n) is 2.16. The predicted octanol–water partition coefficient (Wildman–Crippen LogP) is 2.84. The van der Waals surface area contributed by atoms with E-state index < -0.39 is 0 Å². The van der Waals surface area contributed by atoms with Crippen LogP contribution in [0.5, 0.6) is 0 Å². The Bertz CT molecular complexity index is 808. The molecular weight excluding hydrogens is 250 g/mol. The van der Waals surface area contributed by atoms with Gasteiger partial charge in [-0.05, 0) is 36.1 Å². The summed E-state index contributed by atoms with van der Waals surface area (Å²) in [4.78, 5) is 19.0. The van der Waals surface area contributed by atoms with Gasteiger partial charge in [0, 0.05) is 23.8 Å². The largest absolute Gasteiger partial charge is 0.379 e. The lowest BCUT2D eigenvalue weighted by molar-refractivity contribution is 1.08. The first-order valence-corrected chi connectivity index (χ1v) is 6.49. The molecule has 1 aromatic carbocycles. The van der Waals surface area contributed by atoms with E-state index in [1.165, 1.54) is 0 Å². The second-order valence-electron chi connectivity index (χ2n) is 4.76. The topological polar surface area (TPSA) is 57.8 Å². The zero-order valence-electron chi connectivity index (χ0n) is 11.2. The molecule has 0 atom stereocenters. The summed E-state index contributed by atoms with van der Waals surface area (Å²) in [5.74, 6) is 0. The van der Waals surface area contributed by atoms with Gasteiger partial charge in [0.2, 0.25) is 0 Å². The fourth-order valence-corrected chi connectivity index (χ4v) is 2.16. The summed E-state index contributed by atoms with van der Waals surface area (Å²) in [6.45, 7) is 2.49. The molecule has 2 N–H and O–H groups in total. The minimum atomic E-state index is -0.0576. The van der Waals surface area contributed by atoms with E-state index in [-0.39, 0.29) is 5.56 Å². The number of hydrogen-bond acceptors (Lipinski definition) is 3. The summed E-state index contributed by atoms with van der Waals surface area (Å²) in [5.41, 5.74) is 3.57. The monoisotopic (exact) mass is 265 g/mol. The van der Waals surface area contributed by atoms with Crippen molar-refractivity contribution >= 4 is 16.6 Å². The van der Waals surface area contributed by atoms with Gasteiger partial charge < -0.3 is 10.3 Å². The molecule has 3 aromatic rings. The Hall–Kier alpha value is -2.62. The molecule has 0 unspecified atom stereocenters. The zero-order valence-corrected chi connectivity index (χ0v) is 11.2.